The van der Waals surface area contributed by atoms with Gasteiger partial charge in [0.25, 0.3) is 0 Å². The summed E-state index contributed by atoms with van der Waals surface area (Å²) in [5.74, 6) is 0.0613. The van der Waals surface area contributed by atoms with Crippen molar-refractivity contribution in [3.63, 3.8) is 0 Å². The first kappa shape index (κ1) is 12.5. The molecule has 1 aromatic heterocycles. The normalized spacial score (nSPS) is 17.9. The van der Waals surface area contributed by atoms with E-state index in [-0.39, 0.29) is 11.3 Å². The number of aromatic nitrogens is 1. The number of pyridine rings is 1. The number of sulfonamides is 1. The maximum Gasteiger partial charge on any atom is 0.212 e. The van der Waals surface area contributed by atoms with Crippen LogP contribution in [0.1, 0.15) is 18.5 Å². The van der Waals surface area contributed by atoms with Crippen LogP contribution in [0.15, 0.2) is 24.4 Å². The van der Waals surface area contributed by atoms with Crippen molar-refractivity contribution in [1.29, 1.82) is 0 Å². The first-order valence-electron chi connectivity index (χ1n) is 5.67. The zero-order chi connectivity index (χ0) is 12.4. The molecular formula is C11H17N3O2S. The van der Waals surface area contributed by atoms with Crippen LogP contribution in [0.4, 0.5) is 0 Å². The molecule has 1 aliphatic carbocycles. The quantitative estimate of drug-likeness (QED) is 0.751. The fourth-order valence-electron chi connectivity index (χ4n) is 1.66. The topological polar surface area (TPSA) is 85.1 Å². The van der Waals surface area contributed by atoms with Gasteiger partial charge in [-0.1, -0.05) is 6.07 Å². The molecule has 0 bridgehead atoms. The Morgan fingerprint density at radius 2 is 2.18 bits per heavy atom. The summed E-state index contributed by atoms with van der Waals surface area (Å²) in [6.45, 7) is 0.371. The Morgan fingerprint density at radius 1 is 1.41 bits per heavy atom. The monoisotopic (exact) mass is 255 g/mol. The number of aryl methyl sites for hydroxylation is 1. The molecule has 2 rings (SSSR count). The fourth-order valence-corrected chi connectivity index (χ4v) is 3.19. The van der Waals surface area contributed by atoms with Crippen LogP contribution in [0.3, 0.4) is 0 Å². The minimum Gasteiger partial charge on any atom is -0.329 e. The van der Waals surface area contributed by atoms with Crippen molar-refractivity contribution >= 4 is 10.0 Å². The lowest BCUT2D eigenvalue weighted by Crippen LogP contribution is -2.43. The van der Waals surface area contributed by atoms with Crippen LogP contribution in [0.25, 0.3) is 0 Å². The number of hydrogen-bond donors (Lipinski definition) is 2. The van der Waals surface area contributed by atoms with Gasteiger partial charge in [0.2, 0.25) is 10.0 Å². The van der Waals surface area contributed by atoms with Crippen LogP contribution < -0.4 is 10.5 Å². The molecule has 0 unspecified atom stereocenters. The lowest BCUT2D eigenvalue weighted by molar-refractivity contribution is 0.544. The minimum absolute atomic E-state index is 0.0613. The molecule has 94 valence electrons. The van der Waals surface area contributed by atoms with Gasteiger partial charge in [0.1, 0.15) is 0 Å². The van der Waals surface area contributed by atoms with Gasteiger partial charge < -0.3 is 5.73 Å². The average Bonchev–Trinajstić information content (AvgIpc) is 3.08. The molecule has 1 saturated carbocycles. The van der Waals surface area contributed by atoms with Crippen molar-refractivity contribution in [3.8, 4) is 0 Å². The lowest BCUT2D eigenvalue weighted by Gasteiger charge is -2.14. The molecule has 5 nitrogen and oxygen atoms in total. The van der Waals surface area contributed by atoms with E-state index >= 15 is 0 Å². The predicted molar refractivity (Wildman–Crippen MR) is 65.9 cm³/mol. The molecule has 0 radical (unpaired) electrons. The molecule has 0 aliphatic heterocycles. The van der Waals surface area contributed by atoms with Gasteiger partial charge in [0.15, 0.2) is 0 Å². The van der Waals surface area contributed by atoms with Crippen molar-refractivity contribution in [2.45, 2.75) is 24.8 Å². The number of nitrogens with one attached hydrogen (secondary N) is 1. The maximum atomic E-state index is 11.8. The van der Waals surface area contributed by atoms with E-state index in [0.717, 1.165) is 18.5 Å². The second-order valence-corrected chi connectivity index (χ2v) is 6.32. The highest BCUT2D eigenvalue weighted by Gasteiger charge is 2.44. The predicted octanol–water partition coefficient (Wildman–Crippen LogP) is 0.0348. The molecular weight excluding hydrogens is 238 g/mol. The first-order chi connectivity index (χ1) is 8.05. The molecule has 0 amide bonds. The van der Waals surface area contributed by atoms with Gasteiger partial charge in [-0.15, -0.1) is 0 Å². The standard InChI is InChI=1S/C11H17N3O2S/c12-9-11(5-6-11)14-17(15,16)8-4-10-3-1-2-7-13-10/h1-3,7,14H,4-6,8-9,12H2. The number of nitrogens with two attached hydrogens (primary N) is 1. The maximum absolute atomic E-state index is 11.8. The fraction of sp³-hybridized carbons (Fsp3) is 0.545. The van der Waals surface area contributed by atoms with Crippen LogP contribution in [0.5, 0.6) is 0 Å². The summed E-state index contributed by atoms with van der Waals surface area (Å²) in [6.07, 6.45) is 3.77. The highest BCUT2D eigenvalue weighted by Crippen LogP contribution is 2.34. The Morgan fingerprint density at radius 3 is 2.71 bits per heavy atom. The van der Waals surface area contributed by atoms with E-state index in [2.05, 4.69) is 9.71 Å². The molecule has 0 atom stereocenters. The molecule has 0 saturated heterocycles. The number of nitrogens with zero attached hydrogens (tertiary/aromatic N) is 1. The van der Waals surface area contributed by atoms with Crippen LogP contribution in [0, 0.1) is 0 Å². The van der Waals surface area contributed by atoms with Crippen LogP contribution in [-0.4, -0.2) is 31.2 Å². The second kappa shape index (κ2) is 4.72. The number of rotatable bonds is 6. The summed E-state index contributed by atoms with van der Waals surface area (Å²) < 4.78 is 26.3. The SMILES string of the molecule is NCC1(NS(=O)(=O)CCc2ccccn2)CC1. The van der Waals surface area contributed by atoms with Crippen LogP contribution >= 0.6 is 0 Å². The third-order valence-electron chi connectivity index (χ3n) is 2.97. The summed E-state index contributed by atoms with van der Waals surface area (Å²) >= 11 is 0. The molecule has 1 fully saturated rings. The van der Waals surface area contributed by atoms with E-state index in [1.54, 1.807) is 6.20 Å². The van der Waals surface area contributed by atoms with Gasteiger partial charge in [-0.3, -0.25) is 4.98 Å². The summed E-state index contributed by atoms with van der Waals surface area (Å²) in [7, 11) is -3.26. The zero-order valence-corrected chi connectivity index (χ0v) is 10.4. The third kappa shape index (κ3) is 3.49. The molecule has 6 heteroatoms. The molecule has 1 aliphatic rings. The Hall–Kier alpha value is -0.980. The van der Waals surface area contributed by atoms with Gasteiger partial charge in [0.05, 0.1) is 5.75 Å². The molecule has 3 N–H and O–H groups in total. The van der Waals surface area contributed by atoms with E-state index in [1.807, 2.05) is 18.2 Å². The third-order valence-corrected chi connectivity index (χ3v) is 4.45. The largest absolute Gasteiger partial charge is 0.329 e. The highest BCUT2D eigenvalue weighted by atomic mass is 32.2. The minimum atomic E-state index is -3.26. The Balaban J connectivity index is 1.90. The van der Waals surface area contributed by atoms with E-state index in [1.165, 1.54) is 0 Å². The van der Waals surface area contributed by atoms with Gasteiger partial charge in [0, 0.05) is 30.4 Å². The van der Waals surface area contributed by atoms with Crippen molar-refractivity contribution < 1.29 is 8.42 Å². The van der Waals surface area contributed by atoms with Crippen LogP contribution in [-0.2, 0) is 16.4 Å². The summed E-state index contributed by atoms with van der Waals surface area (Å²) in [4.78, 5) is 4.10. The summed E-state index contributed by atoms with van der Waals surface area (Å²) in [5, 5.41) is 0. The van der Waals surface area contributed by atoms with Crippen molar-refractivity contribution in [3.05, 3.63) is 30.1 Å². The van der Waals surface area contributed by atoms with E-state index in [9.17, 15) is 8.42 Å². The van der Waals surface area contributed by atoms with Crippen LogP contribution in [0.2, 0.25) is 0 Å². The zero-order valence-electron chi connectivity index (χ0n) is 9.59. The van der Waals surface area contributed by atoms with Gasteiger partial charge in [-0.25, -0.2) is 13.1 Å². The molecule has 17 heavy (non-hydrogen) atoms. The van der Waals surface area contributed by atoms with E-state index in [0.29, 0.717) is 13.0 Å². The van der Waals surface area contributed by atoms with Crippen molar-refractivity contribution in [1.82, 2.24) is 9.71 Å². The molecule has 1 heterocycles. The van der Waals surface area contributed by atoms with Gasteiger partial charge in [-0.2, -0.15) is 0 Å². The second-order valence-electron chi connectivity index (χ2n) is 4.48. The van der Waals surface area contributed by atoms with Crippen molar-refractivity contribution in [2.24, 2.45) is 5.73 Å². The Bertz CT molecular complexity index is 469. The van der Waals surface area contributed by atoms with E-state index < -0.39 is 10.0 Å². The summed E-state index contributed by atoms with van der Waals surface area (Å²) in [5.41, 5.74) is 5.97. The van der Waals surface area contributed by atoms with Gasteiger partial charge >= 0.3 is 0 Å². The van der Waals surface area contributed by atoms with E-state index in [4.69, 9.17) is 5.73 Å². The Labute approximate surface area is 101 Å². The molecule has 0 aromatic carbocycles. The first-order valence-corrected chi connectivity index (χ1v) is 7.32. The van der Waals surface area contributed by atoms with Gasteiger partial charge in [-0.05, 0) is 25.0 Å². The highest BCUT2D eigenvalue weighted by molar-refractivity contribution is 7.89. The lowest BCUT2D eigenvalue weighted by atomic mass is 10.3. The smallest absolute Gasteiger partial charge is 0.212 e. The Kier molecular flexibility index (Phi) is 3.46. The molecule has 1 aromatic rings. The molecule has 0 spiro atoms. The average molecular weight is 255 g/mol. The summed E-state index contributed by atoms with van der Waals surface area (Å²) in [6, 6.07) is 5.49. The number of hydrogen-bond acceptors (Lipinski definition) is 4. The van der Waals surface area contributed by atoms with Crippen molar-refractivity contribution in [2.75, 3.05) is 12.3 Å².